The second kappa shape index (κ2) is 9.58. The minimum Gasteiger partial charge on any atom is -0.399 e. The molecule has 1 aromatic rings. The molecular weight excluding hydrogens is 321 g/mol. The molecule has 0 saturated carbocycles. The summed E-state index contributed by atoms with van der Waals surface area (Å²) in [5.74, 6) is 0. The second-order valence-corrected chi connectivity index (χ2v) is 5.92. The van der Waals surface area contributed by atoms with Crippen molar-refractivity contribution < 1.29 is 4.74 Å². The zero-order chi connectivity index (χ0) is 13.8. The summed E-state index contributed by atoms with van der Waals surface area (Å²) in [6, 6.07) is 8.98. The van der Waals surface area contributed by atoms with Gasteiger partial charge >= 0.3 is 0 Å². The predicted molar refractivity (Wildman–Crippen MR) is 96.0 cm³/mol. The van der Waals surface area contributed by atoms with Crippen LogP contribution in [0.15, 0.2) is 24.3 Å². The van der Waals surface area contributed by atoms with E-state index in [4.69, 9.17) is 10.5 Å². The lowest BCUT2D eigenvalue weighted by Gasteiger charge is -2.33. The summed E-state index contributed by atoms with van der Waals surface area (Å²) in [6.45, 7) is 7.38. The van der Waals surface area contributed by atoms with Gasteiger partial charge in [0.25, 0.3) is 0 Å². The number of benzene rings is 1. The molecule has 1 unspecified atom stereocenters. The maximum atomic E-state index is 5.88. The Balaban J connectivity index is 0.00000121. The molecule has 0 spiro atoms. The molecule has 2 N–H and O–H groups in total. The van der Waals surface area contributed by atoms with E-state index < -0.39 is 0 Å². The van der Waals surface area contributed by atoms with E-state index in [1.165, 1.54) is 31.5 Å². The van der Waals surface area contributed by atoms with Crippen LogP contribution in [0.1, 0.15) is 18.4 Å². The van der Waals surface area contributed by atoms with Crippen molar-refractivity contribution in [3.05, 3.63) is 29.8 Å². The van der Waals surface area contributed by atoms with Gasteiger partial charge in [0.15, 0.2) is 0 Å². The van der Waals surface area contributed by atoms with Gasteiger partial charge in [-0.15, -0.1) is 24.8 Å². The summed E-state index contributed by atoms with van der Waals surface area (Å²) in [7, 11) is 0. The molecular formula is C16H27Cl2N3O. The Bertz CT molecular complexity index is 441. The van der Waals surface area contributed by atoms with Crippen LogP contribution in [0.4, 0.5) is 5.69 Å². The number of rotatable bonds is 4. The average molecular weight is 348 g/mol. The minimum absolute atomic E-state index is 0. The number of hydrogen-bond acceptors (Lipinski definition) is 4. The molecule has 4 nitrogen and oxygen atoms in total. The second-order valence-electron chi connectivity index (χ2n) is 5.92. The van der Waals surface area contributed by atoms with Crippen molar-refractivity contribution in [1.82, 2.24) is 9.80 Å². The van der Waals surface area contributed by atoms with Gasteiger partial charge < -0.3 is 10.5 Å². The third-order valence-electron chi connectivity index (χ3n) is 4.41. The number of hydrogen-bond donors (Lipinski definition) is 1. The van der Waals surface area contributed by atoms with Crippen LogP contribution in [0.25, 0.3) is 0 Å². The standard InChI is InChI=1S/C16H25N3O.2ClH/c17-15-4-1-3-14(11-15)12-19-6-2-5-16(19)13-18-7-9-20-10-8-18;;/h1,3-4,11,16H,2,5-10,12-13,17H2;2*1H. The highest BCUT2D eigenvalue weighted by atomic mass is 35.5. The van der Waals surface area contributed by atoms with E-state index in [1.54, 1.807) is 0 Å². The van der Waals surface area contributed by atoms with Crippen LogP contribution < -0.4 is 5.73 Å². The van der Waals surface area contributed by atoms with Gasteiger partial charge in [-0.25, -0.2) is 0 Å². The van der Waals surface area contributed by atoms with E-state index in [1.807, 2.05) is 6.07 Å². The Kier molecular flexibility index (Phi) is 8.50. The van der Waals surface area contributed by atoms with Crippen molar-refractivity contribution in [2.75, 3.05) is 45.1 Å². The van der Waals surface area contributed by atoms with Crippen LogP contribution in [-0.4, -0.2) is 55.2 Å². The maximum absolute atomic E-state index is 5.88. The monoisotopic (exact) mass is 347 g/mol. The van der Waals surface area contributed by atoms with E-state index in [0.717, 1.165) is 38.5 Å². The lowest BCUT2D eigenvalue weighted by Crippen LogP contribution is -2.44. The van der Waals surface area contributed by atoms with E-state index in [9.17, 15) is 0 Å². The highest BCUT2D eigenvalue weighted by molar-refractivity contribution is 5.85. The van der Waals surface area contributed by atoms with Crippen molar-refractivity contribution in [3.63, 3.8) is 0 Å². The number of nitrogens with zero attached hydrogens (tertiary/aromatic N) is 2. The van der Waals surface area contributed by atoms with Gasteiger partial charge in [-0.1, -0.05) is 12.1 Å². The van der Waals surface area contributed by atoms with Gasteiger partial charge in [0.05, 0.1) is 13.2 Å². The van der Waals surface area contributed by atoms with E-state index in [0.29, 0.717) is 6.04 Å². The van der Waals surface area contributed by atoms with Gasteiger partial charge in [0.1, 0.15) is 0 Å². The topological polar surface area (TPSA) is 41.7 Å². The molecule has 2 saturated heterocycles. The molecule has 2 fully saturated rings. The van der Waals surface area contributed by atoms with Gasteiger partial charge in [-0.2, -0.15) is 0 Å². The smallest absolute Gasteiger partial charge is 0.0594 e. The summed E-state index contributed by atoms with van der Waals surface area (Å²) in [6.07, 6.45) is 2.64. The fourth-order valence-electron chi connectivity index (χ4n) is 3.32. The summed E-state index contributed by atoms with van der Waals surface area (Å²) >= 11 is 0. The first-order valence-corrected chi connectivity index (χ1v) is 7.70. The first-order chi connectivity index (χ1) is 9.81. The summed E-state index contributed by atoms with van der Waals surface area (Å²) in [5.41, 5.74) is 8.08. The molecule has 0 aliphatic carbocycles. The molecule has 0 amide bonds. The molecule has 0 radical (unpaired) electrons. The van der Waals surface area contributed by atoms with Crippen molar-refractivity contribution in [3.8, 4) is 0 Å². The van der Waals surface area contributed by atoms with Crippen molar-refractivity contribution >= 4 is 30.5 Å². The third-order valence-corrected chi connectivity index (χ3v) is 4.41. The van der Waals surface area contributed by atoms with Crippen LogP contribution in [-0.2, 0) is 11.3 Å². The Hall–Kier alpha value is -0.520. The summed E-state index contributed by atoms with van der Waals surface area (Å²) in [4.78, 5) is 5.16. The molecule has 126 valence electrons. The molecule has 1 aromatic carbocycles. The molecule has 2 heterocycles. The van der Waals surface area contributed by atoms with Gasteiger partial charge in [-0.3, -0.25) is 9.80 Å². The normalized spacial score (nSPS) is 22.8. The molecule has 0 bridgehead atoms. The molecule has 2 aliphatic rings. The number of anilines is 1. The zero-order valence-corrected chi connectivity index (χ0v) is 14.6. The molecule has 0 aromatic heterocycles. The number of halogens is 2. The molecule has 2 aliphatic heterocycles. The van der Waals surface area contributed by atoms with Crippen LogP contribution in [0.5, 0.6) is 0 Å². The number of nitrogen functional groups attached to an aromatic ring is 1. The zero-order valence-electron chi connectivity index (χ0n) is 12.9. The van der Waals surface area contributed by atoms with Crippen LogP contribution in [0.3, 0.4) is 0 Å². The van der Waals surface area contributed by atoms with E-state index >= 15 is 0 Å². The summed E-state index contributed by atoms with van der Waals surface area (Å²) in [5, 5.41) is 0. The van der Waals surface area contributed by atoms with Gasteiger partial charge in [0, 0.05) is 37.9 Å². The Labute approximate surface area is 145 Å². The predicted octanol–water partition coefficient (Wildman–Crippen LogP) is 2.41. The lowest BCUT2D eigenvalue weighted by atomic mass is 10.1. The quantitative estimate of drug-likeness (QED) is 0.849. The molecule has 3 rings (SSSR count). The number of morpholine rings is 1. The van der Waals surface area contributed by atoms with Crippen LogP contribution in [0.2, 0.25) is 0 Å². The fraction of sp³-hybridized carbons (Fsp3) is 0.625. The largest absolute Gasteiger partial charge is 0.399 e. The van der Waals surface area contributed by atoms with Crippen molar-refractivity contribution in [2.45, 2.75) is 25.4 Å². The Morgan fingerprint density at radius 3 is 2.64 bits per heavy atom. The van der Waals surface area contributed by atoms with Crippen LogP contribution in [0, 0.1) is 0 Å². The lowest BCUT2D eigenvalue weighted by molar-refractivity contribution is 0.0262. The molecule has 1 atom stereocenters. The van der Waals surface area contributed by atoms with Gasteiger partial charge in [-0.05, 0) is 37.1 Å². The molecule has 22 heavy (non-hydrogen) atoms. The number of likely N-dealkylation sites (tertiary alicyclic amines) is 1. The highest BCUT2D eigenvalue weighted by Gasteiger charge is 2.26. The number of nitrogens with two attached hydrogens (primary N) is 1. The van der Waals surface area contributed by atoms with Crippen molar-refractivity contribution in [2.24, 2.45) is 0 Å². The van der Waals surface area contributed by atoms with Crippen LogP contribution >= 0.6 is 24.8 Å². The Morgan fingerprint density at radius 1 is 1.14 bits per heavy atom. The first kappa shape index (κ1) is 19.5. The summed E-state index contributed by atoms with van der Waals surface area (Å²) < 4.78 is 5.43. The van der Waals surface area contributed by atoms with Gasteiger partial charge in [0.2, 0.25) is 0 Å². The maximum Gasteiger partial charge on any atom is 0.0594 e. The molecule has 6 heteroatoms. The van der Waals surface area contributed by atoms with E-state index in [-0.39, 0.29) is 24.8 Å². The van der Waals surface area contributed by atoms with Crippen molar-refractivity contribution in [1.29, 1.82) is 0 Å². The fourth-order valence-corrected chi connectivity index (χ4v) is 3.32. The van der Waals surface area contributed by atoms with E-state index in [2.05, 4.69) is 28.0 Å². The minimum atomic E-state index is 0. The number of ether oxygens (including phenoxy) is 1. The highest BCUT2D eigenvalue weighted by Crippen LogP contribution is 2.22. The Morgan fingerprint density at radius 2 is 1.91 bits per heavy atom. The first-order valence-electron chi connectivity index (χ1n) is 7.70. The average Bonchev–Trinajstić information content (AvgIpc) is 2.87. The third kappa shape index (κ3) is 5.28. The SMILES string of the molecule is Cl.Cl.Nc1cccc(CN2CCCC2CN2CCOCC2)c1.